The third-order valence-corrected chi connectivity index (χ3v) is 5.80. The van der Waals surface area contributed by atoms with Crippen LogP contribution >= 0.6 is 0 Å². The van der Waals surface area contributed by atoms with Crippen LogP contribution in [0, 0.1) is 34.5 Å². The van der Waals surface area contributed by atoms with Crippen LogP contribution in [-0.2, 0) is 4.74 Å². The zero-order valence-corrected chi connectivity index (χ0v) is 12.2. The number of aliphatic hydroxyl groups is 1. The van der Waals surface area contributed by atoms with Gasteiger partial charge < -0.3 is 9.84 Å². The van der Waals surface area contributed by atoms with Gasteiger partial charge in [-0.05, 0) is 50.0 Å². The minimum atomic E-state index is -1.23. The highest BCUT2D eigenvalue weighted by Gasteiger charge is 2.69. The van der Waals surface area contributed by atoms with E-state index < -0.39 is 5.79 Å². The largest absolute Gasteiger partial charge is 0.362 e. The van der Waals surface area contributed by atoms with Crippen LogP contribution in [0.3, 0.4) is 0 Å². The molecular weight excluding hydrogens is 238 g/mol. The number of nitrogens with zero attached hydrogens (tertiary/aromatic N) is 1. The lowest BCUT2D eigenvalue weighted by molar-refractivity contribution is -0.217. The van der Waals surface area contributed by atoms with Crippen molar-refractivity contribution in [2.75, 3.05) is 0 Å². The first-order valence-electron chi connectivity index (χ1n) is 7.24. The van der Waals surface area contributed by atoms with Crippen LogP contribution < -0.4 is 0 Å². The predicted octanol–water partition coefficient (Wildman–Crippen LogP) is 3.01. The molecule has 5 atom stereocenters. The van der Waals surface area contributed by atoms with Crippen molar-refractivity contribution >= 4 is 0 Å². The van der Waals surface area contributed by atoms with Crippen molar-refractivity contribution in [3.8, 4) is 6.07 Å². The summed E-state index contributed by atoms with van der Waals surface area (Å²) in [4.78, 5) is 0. The zero-order valence-electron chi connectivity index (χ0n) is 12.2. The highest BCUT2D eigenvalue weighted by atomic mass is 16.6. The fourth-order valence-corrected chi connectivity index (χ4v) is 4.69. The fraction of sp³-hybridized carbons (Fsp3) is 0.812. The highest BCUT2D eigenvalue weighted by Crippen LogP contribution is 2.65. The van der Waals surface area contributed by atoms with Crippen molar-refractivity contribution in [2.24, 2.45) is 23.2 Å². The first-order chi connectivity index (χ1) is 8.74. The molecule has 3 nitrogen and oxygen atoms in total. The lowest BCUT2D eigenvalue weighted by atomic mass is 9.73. The average molecular weight is 261 g/mol. The van der Waals surface area contributed by atoms with Gasteiger partial charge in [-0.1, -0.05) is 19.9 Å². The van der Waals surface area contributed by atoms with E-state index in [9.17, 15) is 10.4 Å². The Morgan fingerprint density at radius 2 is 2.11 bits per heavy atom. The Kier molecular flexibility index (Phi) is 2.51. The lowest BCUT2D eigenvalue weighted by Gasteiger charge is -2.35. The van der Waals surface area contributed by atoms with E-state index in [1.165, 1.54) is 0 Å². The Labute approximate surface area is 115 Å². The number of allylic oxidation sites excluding steroid dienone is 1. The molecule has 1 saturated heterocycles. The molecular formula is C16H23NO2. The molecule has 2 aliphatic heterocycles. The van der Waals surface area contributed by atoms with Gasteiger partial charge in [-0.25, -0.2) is 0 Å². The number of fused-ring (bicyclic) bond motifs is 5. The second-order valence-corrected chi connectivity index (χ2v) is 7.47. The number of hydrogen-bond acceptors (Lipinski definition) is 3. The molecule has 2 fully saturated rings. The molecule has 0 unspecified atom stereocenters. The Morgan fingerprint density at radius 3 is 2.74 bits per heavy atom. The van der Waals surface area contributed by atoms with Gasteiger partial charge in [-0.3, -0.25) is 0 Å². The first-order valence-corrected chi connectivity index (χ1v) is 7.24. The third kappa shape index (κ3) is 1.50. The Morgan fingerprint density at radius 1 is 1.42 bits per heavy atom. The van der Waals surface area contributed by atoms with Crippen molar-refractivity contribution in [1.29, 1.82) is 5.26 Å². The number of ether oxygens (including phenoxy) is 1. The average Bonchev–Trinajstić information content (AvgIpc) is 2.65. The Balaban J connectivity index is 2.15. The summed E-state index contributed by atoms with van der Waals surface area (Å²) in [5.41, 5.74) is 0.547. The minimum absolute atomic E-state index is 0.0479. The number of nitriles is 1. The van der Waals surface area contributed by atoms with E-state index in [1.807, 2.05) is 6.92 Å². The van der Waals surface area contributed by atoms with E-state index in [0.717, 1.165) is 24.8 Å². The summed E-state index contributed by atoms with van der Waals surface area (Å²) in [6.45, 7) is 8.35. The molecule has 1 saturated carbocycles. The van der Waals surface area contributed by atoms with Gasteiger partial charge in [0.25, 0.3) is 0 Å². The summed E-state index contributed by atoms with van der Waals surface area (Å²) in [7, 11) is 0. The van der Waals surface area contributed by atoms with E-state index in [0.29, 0.717) is 0 Å². The summed E-state index contributed by atoms with van der Waals surface area (Å²) in [6.07, 6.45) is 4.93. The molecule has 104 valence electrons. The van der Waals surface area contributed by atoms with E-state index in [2.05, 4.69) is 32.9 Å². The summed E-state index contributed by atoms with van der Waals surface area (Å²) in [5.74, 6) is -1.19. The molecule has 2 bridgehead atoms. The first kappa shape index (κ1) is 13.1. The van der Waals surface area contributed by atoms with Crippen molar-refractivity contribution in [2.45, 2.75) is 58.3 Å². The van der Waals surface area contributed by atoms with Crippen LogP contribution in [0.15, 0.2) is 11.6 Å². The zero-order chi connectivity index (χ0) is 14.1. The van der Waals surface area contributed by atoms with Crippen LogP contribution in [0.4, 0.5) is 0 Å². The Hall–Kier alpha value is -0.850. The summed E-state index contributed by atoms with van der Waals surface area (Å²) in [5, 5.41) is 20.7. The maximum Gasteiger partial charge on any atom is 0.193 e. The van der Waals surface area contributed by atoms with E-state index in [-0.39, 0.29) is 28.8 Å². The molecule has 3 heteroatoms. The van der Waals surface area contributed by atoms with E-state index >= 15 is 0 Å². The van der Waals surface area contributed by atoms with Crippen molar-refractivity contribution < 1.29 is 9.84 Å². The molecule has 1 aliphatic carbocycles. The topological polar surface area (TPSA) is 53.2 Å². The van der Waals surface area contributed by atoms with Crippen molar-refractivity contribution in [3.63, 3.8) is 0 Å². The second-order valence-electron chi connectivity index (χ2n) is 7.47. The normalized spacial score (nSPS) is 51.2. The highest BCUT2D eigenvalue weighted by molar-refractivity contribution is 5.27. The van der Waals surface area contributed by atoms with E-state index in [4.69, 9.17) is 4.74 Å². The molecule has 3 rings (SSSR count). The molecule has 2 heterocycles. The SMILES string of the molecule is CC1=CCC[C@@]2(C)O[C@]1(O)[C@@H]1[C@H]2CC(C)(C)[C@H]1C#N. The van der Waals surface area contributed by atoms with E-state index in [1.54, 1.807) is 0 Å². The number of rotatable bonds is 0. The van der Waals surface area contributed by atoms with Crippen LogP contribution in [0.1, 0.15) is 47.0 Å². The standard InChI is InChI=1S/C16H23NO2/c1-10-6-5-7-15(4)11-8-14(2,3)12(9-17)13(11)16(10,18)19-15/h6,11-13,18H,5,7-8H2,1-4H3/t11-,12+,13-,15-,16+/m1/s1. The predicted molar refractivity (Wildman–Crippen MR) is 71.9 cm³/mol. The fourth-order valence-electron chi connectivity index (χ4n) is 4.69. The van der Waals surface area contributed by atoms with Gasteiger partial charge in [0.05, 0.1) is 17.6 Å². The van der Waals surface area contributed by atoms with Crippen molar-refractivity contribution in [1.82, 2.24) is 0 Å². The smallest absolute Gasteiger partial charge is 0.193 e. The monoisotopic (exact) mass is 261 g/mol. The van der Waals surface area contributed by atoms with Crippen LogP contribution in [-0.4, -0.2) is 16.5 Å². The minimum Gasteiger partial charge on any atom is -0.362 e. The molecule has 0 aromatic rings. The molecule has 0 spiro atoms. The van der Waals surface area contributed by atoms with Crippen molar-refractivity contribution in [3.05, 3.63) is 11.6 Å². The molecule has 0 radical (unpaired) electrons. The Bertz CT molecular complexity index is 489. The van der Waals surface area contributed by atoms with Crippen LogP contribution in [0.25, 0.3) is 0 Å². The molecule has 0 amide bonds. The maximum absolute atomic E-state index is 11.1. The lowest BCUT2D eigenvalue weighted by Crippen LogP contribution is -2.42. The molecule has 1 N–H and O–H groups in total. The van der Waals surface area contributed by atoms with Gasteiger partial charge in [0, 0.05) is 5.92 Å². The third-order valence-electron chi connectivity index (χ3n) is 5.80. The quantitative estimate of drug-likeness (QED) is 0.682. The molecule has 3 aliphatic rings. The number of hydrogen-bond donors (Lipinski definition) is 1. The van der Waals surface area contributed by atoms with Gasteiger partial charge >= 0.3 is 0 Å². The summed E-state index contributed by atoms with van der Waals surface area (Å²) >= 11 is 0. The molecule has 0 aromatic carbocycles. The van der Waals surface area contributed by atoms with Crippen LogP contribution in [0.5, 0.6) is 0 Å². The van der Waals surface area contributed by atoms with Gasteiger partial charge in [0.2, 0.25) is 0 Å². The van der Waals surface area contributed by atoms with Gasteiger partial charge in [0.1, 0.15) is 0 Å². The maximum atomic E-state index is 11.1. The molecule has 19 heavy (non-hydrogen) atoms. The van der Waals surface area contributed by atoms with Gasteiger partial charge in [-0.2, -0.15) is 5.26 Å². The van der Waals surface area contributed by atoms with Gasteiger partial charge in [-0.15, -0.1) is 0 Å². The second kappa shape index (κ2) is 3.62. The summed E-state index contributed by atoms with van der Waals surface area (Å²) < 4.78 is 6.14. The summed E-state index contributed by atoms with van der Waals surface area (Å²) in [6, 6.07) is 2.45. The molecule has 0 aromatic heterocycles. The van der Waals surface area contributed by atoms with Gasteiger partial charge in [0.15, 0.2) is 5.79 Å². The van der Waals surface area contributed by atoms with Crippen LogP contribution in [0.2, 0.25) is 0 Å².